The lowest BCUT2D eigenvalue weighted by Gasteiger charge is -2.09. The summed E-state index contributed by atoms with van der Waals surface area (Å²) in [6, 6.07) is 0.403. The number of hydrogen-bond acceptors (Lipinski definition) is 3. The van der Waals surface area contributed by atoms with Crippen LogP contribution in [-0.2, 0) is 6.18 Å². The molecule has 0 aliphatic heterocycles. The summed E-state index contributed by atoms with van der Waals surface area (Å²) in [6.45, 7) is 0.821. The van der Waals surface area contributed by atoms with E-state index in [1.54, 1.807) is 0 Å². The second-order valence-corrected chi connectivity index (χ2v) is 3.16. The SMILES string of the molecule is CC(=O)c1cc(F)cc(C(F)(F)F)c1[N+](=O)[O-]. The van der Waals surface area contributed by atoms with Crippen LogP contribution in [0.1, 0.15) is 22.8 Å². The molecule has 0 radical (unpaired) electrons. The molecule has 0 atom stereocenters. The van der Waals surface area contributed by atoms with Crippen LogP contribution in [0.2, 0.25) is 0 Å². The van der Waals surface area contributed by atoms with E-state index in [9.17, 15) is 32.5 Å². The van der Waals surface area contributed by atoms with E-state index < -0.39 is 39.5 Å². The molecule has 4 nitrogen and oxygen atoms in total. The van der Waals surface area contributed by atoms with Gasteiger partial charge in [-0.15, -0.1) is 0 Å². The monoisotopic (exact) mass is 251 g/mol. The molecule has 8 heteroatoms. The number of carbonyl (C=O) groups is 1. The first-order chi connectivity index (χ1) is 7.64. The second kappa shape index (κ2) is 4.11. The van der Waals surface area contributed by atoms with E-state index in [1.807, 2.05) is 0 Å². The van der Waals surface area contributed by atoms with Crippen molar-refractivity contribution in [3.05, 3.63) is 39.2 Å². The zero-order valence-corrected chi connectivity index (χ0v) is 8.34. The predicted octanol–water partition coefficient (Wildman–Crippen LogP) is 2.96. The summed E-state index contributed by atoms with van der Waals surface area (Å²) in [5.41, 5.74) is -4.10. The molecule has 0 aliphatic rings. The molecule has 0 amide bonds. The molecule has 0 saturated heterocycles. The van der Waals surface area contributed by atoms with Crippen LogP contribution in [0.25, 0.3) is 0 Å². The standard InChI is InChI=1S/C9H5F4NO3/c1-4(15)6-2-5(10)3-7(9(11,12)13)8(6)14(16)17/h2-3H,1H3. The number of alkyl halides is 3. The summed E-state index contributed by atoms with van der Waals surface area (Å²) in [5.74, 6) is -2.37. The average Bonchev–Trinajstić information content (AvgIpc) is 2.14. The number of rotatable bonds is 2. The largest absolute Gasteiger partial charge is 0.423 e. The van der Waals surface area contributed by atoms with E-state index in [1.165, 1.54) is 0 Å². The van der Waals surface area contributed by atoms with Gasteiger partial charge in [-0.05, 0) is 19.1 Å². The third-order valence-corrected chi connectivity index (χ3v) is 1.94. The number of nitrogens with zero attached hydrogens (tertiary/aromatic N) is 1. The van der Waals surface area contributed by atoms with Crippen molar-refractivity contribution in [2.24, 2.45) is 0 Å². The van der Waals surface area contributed by atoms with E-state index in [2.05, 4.69) is 0 Å². The van der Waals surface area contributed by atoms with Gasteiger partial charge in [-0.1, -0.05) is 0 Å². The Morgan fingerprint density at radius 2 is 1.88 bits per heavy atom. The topological polar surface area (TPSA) is 60.2 Å². The summed E-state index contributed by atoms with van der Waals surface area (Å²) in [6.07, 6.45) is -5.10. The molecule has 1 aromatic rings. The summed E-state index contributed by atoms with van der Waals surface area (Å²) < 4.78 is 50.2. The average molecular weight is 251 g/mol. The molecule has 0 heterocycles. The number of halogens is 4. The summed E-state index contributed by atoms with van der Waals surface area (Å²) in [4.78, 5) is 20.2. The van der Waals surface area contributed by atoms with Gasteiger partial charge >= 0.3 is 6.18 Å². The first-order valence-corrected chi connectivity index (χ1v) is 4.20. The molecule has 92 valence electrons. The third-order valence-electron chi connectivity index (χ3n) is 1.94. The number of carbonyl (C=O) groups excluding carboxylic acids is 1. The van der Waals surface area contributed by atoms with E-state index in [0.717, 1.165) is 6.92 Å². The molecule has 0 spiro atoms. The molecular formula is C9H5F4NO3. The lowest BCUT2D eigenvalue weighted by atomic mass is 10.0. The molecule has 0 N–H and O–H groups in total. The van der Waals surface area contributed by atoms with Crippen molar-refractivity contribution >= 4 is 11.5 Å². The van der Waals surface area contributed by atoms with Gasteiger partial charge < -0.3 is 0 Å². The van der Waals surface area contributed by atoms with Gasteiger partial charge in [0.2, 0.25) is 0 Å². The number of benzene rings is 1. The first-order valence-electron chi connectivity index (χ1n) is 4.20. The molecule has 0 aliphatic carbocycles. The van der Waals surface area contributed by atoms with Gasteiger partial charge in [-0.2, -0.15) is 13.2 Å². The van der Waals surface area contributed by atoms with Gasteiger partial charge in [0, 0.05) is 0 Å². The highest BCUT2D eigenvalue weighted by atomic mass is 19.4. The van der Waals surface area contributed by atoms with Crippen LogP contribution < -0.4 is 0 Å². The molecule has 0 aromatic heterocycles. The highest BCUT2D eigenvalue weighted by Gasteiger charge is 2.41. The van der Waals surface area contributed by atoms with Crippen LogP contribution in [0.4, 0.5) is 23.2 Å². The fraction of sp³-hybridized carbons (Fsp3) is 0.222. The Balaban J connectivity index is 3.70. The highest BCUT2D eigenvalue weighted by Crippen LogP contribution is 2.38. The van der Waals surface area contributed by atoms with E-state index >= 15 is 0 Å². The number of hydrogen-bond donors (Lipinski definition) is 0. The lowest BCUT2D eigenvalue weighted by molar-refractivity contribution is -0.388. The predicted molar refractivity (Wildman–Crippen MR) is 48.1 cm³/mol. The molecule has 1 aromatic carbocycles. The fourth-order valence-corrected chi connectivity index (χ4v) is 1.28. The zero-order valence-electron chi connectivity index (χ0n) is 8.34. The minimum absolute atomic E-state index is 0.00935. The Kier molecular flexibility index (Phi) is 3.16. The van der Waals surface area contributed by atoms with Crippen LogP contribution in [0, 0.1) is 15.9 Å². The molecular weight excluding hydrogens is 246 g/mol. The van der Waals surface area contributed by atoms with Crippen LogP contribution >= 0.6 is 0 Å². The van der Waals surface area contributed by atoms with Gasteiger partial charge in [0.05, 0.1) is 10.5 Å². The Bertz CT molecular complexity index is 496. The molecule has 0 fully saturated rings. The van der Waals surface area contributed by atoms with Gasteiger partial charge in [0.1, 0.15) is 11.4 Å². The summed E-state index contributed by atoms with van der Waals surface area (Å²) in [7, 11) is 0. The van der Waals surface area contributed by atoms with Gasteiger partial charge in [-0.25, -0.2) is 4.39 Å². The van der Waals surface area contributed by atoms with Crippen LogP contribution in [0.5, 0.6) is 0 Å². The van der Waals surface area contributed by atoms with E-state index in [0.29, 0.717) is 6.07 Å². The van der Waals surface area contributed by atoms with Crippen molar-refractivity contribution in [1.29, 1.82) is 0 Å². The first kappa shape index (κ1) is 13.1. The summed E-state index contributed by atoms with van der Waals surface area (Å²) in [5, 5.41) is 10.5. The molecule has 0 saturated carbocycles. The van der Waals surface area contributed by atoms with E-state index in [4.69, 9.17) is 0 Å². The van der Waals surface area contributed by atoms with Crippen molar-refractivity contribution in [2.45, 2.75) is 13.1 Å². The van der Waals surface area contributed by atoms with Gasteiger partial charge in [0.25, 0.3) is 5.69 Å². The number of ketones is 1. The lowest BCUT2D eigenvalue weighted by Crippen LogP contribution is -2.13. The number of Topliss-reactive ketones (excluding diaryl/α,β-unsaturated/α-hetero) is 1. The van der Waals surface area contributed by atoms with Gasteiger partial charge in [-0.3, -0.25) is 14.9 Å². The Hall–Kier alpha value is -1.99. The minimum atomic E-state index is -5.10. The zero-order chi connectivity index (χ0) is 13.4. The second-order valence-electron chi connectivity index (χ2n) is 3.16. The number of nitro groups is 1. The smallest absolute Gasteiger partial charge is 0.294 e. The summed E-state index contributed by atoms with van der Waals surface area (Å²) >= 11 is 0. The molecule has 0 bridgehead atoms. The van der Waals surface area contributed by atoms with Crippen molar-refractivity contribution in [2.75, 3.05) is 0 Å². The maximum Gasteiger partial charge on any atom is 0.423 e. The maximum absolute atomic E-state index is 12.9. The van der Waals surface area contributed by atoms with Crippen LogP contribution in [0.3, 0.4) is 0 Å². The highest BCUT2D eigenvalue weighted by molar-refractivity contribution is 5.98. The minimum Gasteiger partial charge on any atom is -0.294 e. The molecule has 0 unspecified atom stereocenters. The van der Waals surface area contributed by atoms with Crippen molar-refractivity contribution in [3.63, 3.8) is 0 Å². The Labute approximate surface area is 92.0 Å². The van der Waals surface area contributed by atoms with E-state index in [-0.39, 0.29) is 6.07 Å². The van der Waals surface area contributed by atoms with Crippen molar-refractivity contribution in [3.8, 4) is 0 Å². The van der Waals surface area contributed by atoms with Crippen molar-refractivity contribution in [1.82, 2.24) is 0 Å². The maximum atomic E-state index is 12.9. The van der Waals surface area contributed by atoms with Crippen molar-refractivity contribution < 1.29 is 27.3 Å². The van der Waals surface area contributed by atoms with Crippen LogP contribution in [0.15, 0.2) is 12.1 Å². The molecule has 17 heavy (non-hydrogen) atoms. The fourth-order valence-electron chi connectivity index (χ4n) is 1.28. The van der Waals surface area contributed by atoms with Crippen LogP contribution in [-0.4, -0.2) is 10.7 Å². The Morgan fingerprint density at radius 1 is 1.35 bits per heavy atom. The third kappa shape index (κ3) is 2.58. The Morgan fingerprint density at radius 3 is 2.24 bits per heavy atom. The quantitative estimate of drug-likeness (QED) is 0.351. The van der Waals surface area contributed by atoms with Gasteiger partial charge in [0.15, 0.2) is 5.78 Å². The normalized spacial score (nSPS) is 11.4. The molecule has 1 rings (SSSR count). The number of nitro benzene ring substituents is 1.